The summed E-state index contributed by atoms with van der Waals surface area (Å²) in [6.07, 6.45) is -6.17. The van der Waals surface area contributed by atoms with Gasteiger partial charge in [0.1, 0.15) is 18.0 Å². The maximum absolute atomic E-state index is 13.4. The Labute approximate surface area is 283 Å². The van der Waals surface area contributed by atoms with E-state index in [1.165, 1.54) is 19.1 Å². The molecule has 1 aliphatic heterocycles. The number of nitrogens with two attached hydrogens (primary N) is 1. The van der Waals surface area contributed by atoms with Crippen molar-refractivity contribution in [3.63, 3.8) is 0 Å². The molecule has 0 radical (unpaired) electrons. The molecule has 1 aliphatic rings. The van der Waals surface area contributed by atoms with Crippen molar-refractivity contribution in [2.24, 2.45) is 5.73 Å². The molecular weight excluding hydrogens is 644 g/mol. The molecular formula is C34H42N2O13. The lowest BCUT2D eigenvalue weighted by Crippen LogP contribution is -2.68. The van der Waals surface area contributed by atoms with Crippen molar-refractivity contribution in [2.75, 3.05) is 13.7 Å². The van der Waals surface area contributed by atoms with Gasteiger partial charge in [0, 0.05) is 33.3 Å². The van der Waals surface area contributed by atoms with Gasteiger partial charge in [0.15, 0.2) is 12.2 Å². The van der Waals surface area contributed by atoms with Crippen molar-refractivity contribution < 1.29 is 61.9 Å². The Morgan fingerprint density at radius 1 is 0.918 bits per heavy atom. The van der Waals surface area contributed by atoms with Gasteiger partial charge in [-0.3, -0.25) is 24.0 Å². The fourth-order valence-corrected chi connectivity index (χ4v) is 5.46. The molecule has 1 fully saturated rings. The van der Waals surface area contributed by atoms with Gasteiger partial charge in [0.05, 0.1) is 32.7 Å². The first kappa shape index (κ1) is 38.6. The maximum atomic E-state index is 13.4. The summed E-state index contributed by atoms with van der Waals surface area (Å²) in [5, 5.41) is 2.65. The van der Waals surface area contributed by atoms with Gasteiger partial charge in [0.25, 0.3) is 11.7 Å². The number of carbonyl (C=O) groups excluding carboxylic acids is 6. The van der Waals surface area contributed by atoms with Gasteiger partial charge in [-0.1, -0.05) is 30.3 Å². The number of methoxy groups -OCH3 is 1. The van der Waals surface area contributed by atoms with Crippen molar-refractivity contribution in [2.45, 2.75) is 90.8 Å². The summed E-state index contributed by atoms with van der Waals surface area (Å²) >= 11 is 0. The second kappa shape index (κ2) is 17.0. The van der Waals surface area contributed by atoms with E-state index in [0.717, 1.165) is 27.9 Å². The van der Waals surface area contributed by atoms with Crippen molar-refractivity contribution in [1.29, 1.82) is 0 Å². The largest absolute Gasteiger partial charge is 0.465 e. The highest BCUT2D eigenvalue weighted by Crippen LogP contribution is 2.37. The molecule has 0 unspecified atom stereocenters. The second-order valence-electron chi connectivity index (χ2n) is 11.5. The number of nitrogens with one attached hydrogen (secondary N) is 1. The van der Waals surface area contributed by atoms with Crippen LogP contribution in [0.25, 0.3) is 0 Å². The molecule has 15 heteroatoms. The minimum Gasteiger partial charge on any atom is -0.465 e. The lowest BCUT2D eigenvalue weighted by molar-refractivity contribution is -0.315. The Morgan fingerprint density at radius 2 is 1.53 bits per heavy atom. The van der Waals surface area contributed by atoms with Crippen LogP contribution in [0.4, 0.5) is 0 Å². The molecule has 49 heavy (non-hydrogen) atoms. The first-order valence-electron chi connectivity index (χ1n) is 15.4. The number of hydrogen-bond acceptors (Lipinski definition) is 14. The van der Waals surface area contributed by atoms with Gasteiger partial charge in [-0.2, -0.15) is 0 Å². The zero-order chi connectivity index (χ0) is 36.5. The van der Waals surface area contributed by atoms with Crippen LogP contribution in [0, 0.1) is 13.8 Å². The van der Waals surface area contributed by atoms with Gasteiger partial charge in [-0.15, -0.1) is 0 Å². The fourth-order valence-electron chi connectivity index (χ4n) is 5.46. The summed E-state index contributed by atoms with van der Waals surface area (Å²) in [6, 6.07) is 10.5. The predicted octanol–water partition coefficient (Wildman–Crippen LogP) is 1.96. The number of carbonyl (C=O) groups is 6. The standard InChI is InChI=1S/C34H42N2O13/c1-18-13-25(14-19(2)29(18)47-22(5)39)32(41)36-16-27(46-21(4)38)30(48-23(6)40)31-28(35)26(45-20(3)37)15-34(49-31,33(42)43-7)44-17-24-11-9-8-10-12-24/h8-14,26-28,30-31H,15-17,35H2,1-7H3,(H,36,41)/t26-,27+,28+,30+,31+,34+/m0/s1. The molecule has 3 rings (SSSR count). The summed E-state index contributed by atoms with van der Waals surface area (Å²) in [7, 11) is 1.10. The van der Waals surface area contributed by atoms with Crippen LogP contribution in [0.2, 0.25) is 0 Å². The van der Waals surface area contributed by atoms with E-state index in [1.54, 1.807) is 44.2 Å². The van der Waals surface area contributed by atoms with E-state index in [9.17, 15) is 28.8 Å². The lowest BCUT2D eigenvalue weighted by atomic mass is 9.88. The van der Waals surface area contributed by atoms with E-state index in [-0.39, 0.29) is 12.2 Å². The van der Waals surface area contributed by atoms with Crippen LogP contribution in [-0.4, -0.2) is 85.7 Å². The number of amides is 1. The van der Waals surface area contributed by atoms with Crippen molar-refractivity contribution in [3.05, 3.63) is 64.7 Å². The molecule has 3 N–H and O–H groups in total. The zero-order valence-electron chi connectivity index (χ0n) is 28.4. The summed E-state index contributed by atoms with van der Waals surface area (Å²) < 4.78 is 39.1. The van der Waals surface area contributed by atoms with Gasteiger partial charge < -0.3 is 44.2 Å². The average Bonchev–Trinajstić information content (AvgIpc) is 3.03. The SMILES string of the molecule is COC(=O)[C@@]1(OCc2ccccc2)C[C@H](OC(C)=O)[C@@H](N)[C@H]([C@H](OC(C)=O)[C@@H](CNC(=O)c2cc(C)c(OC(C)=O)c(C)c2)OC(C)=O)O1. The Bertz CT molecular complexity index is 1520. The highest BCUT2D eigenvalue weighted by molar-refractivity contribution is 5.95. The van der Waals surface area contributed by atoms with Gasteiger partial charge >= 0.3 is 29.8 Å². The smallest absolute Gasteiger partial charge is 0.366 e. The molecule has 2 aromatic carbocycles. The van der Waals surface area contributed by atoms with Crippen LogP contribution < -0.4 is 15.8 Å². The summed E-state index contributed by atoms with van der Waals surface area (Å²) in [5.41, 5.74) is 8.43. The van der Waals surface area contributed by atoms with Crippen LogP contribution in [0.15, 0.2) is 42.5 Å². The summed E-state index contributed by atoms with van der Waals surface area (Å²) in [5.74, 6) is -6.45. The van der Waals surface area contributed by atoms with Crippen LogP contribution in [0.5, 0.6) is 5.75 Å². The molecule has 2 aromatic rings. The molecule has 0 aromatic heterocycles. The topological polar surface area (TPSA) is 205 Å². The Kier molecular flexibility index (Phi) is 13.4. The number of ether oxygens (including phenoxy) is 7. The van der Waals surface area contributed by atoms with Crippen LogP contribution in [0.3, 0.4) is 0 Å². The molecule has 1 saturated heterocycles. The number of rotatable bonds is 13. The van der Waals surface area contributed by atoms with Crippen molar-refractivity contribution >= 4 is 35.8 Å². The fraction of sp³-hybridized carbons (Fsp3) is 0.471. The Morgan fingerprint density at radius 3 is 2.06 bits per heavy atom. The number of esters is 5. The van der Waals surface area contributed by atoms with Crippen molar-refractivity contribution in [1.82, 2.24) is 5.32 Å². The van der Waals surface area contributed by atoms with E-state index < -0.39 is 85.0 Å². The second-order valence-corrected chi connectivity index (χ2v) is 11.5. The highest BCUT2D eigenvalue weighted by Gasteiger charge is 2.58. The molecule has 1 heterocycles. The molecule has 1 amide bonds. The van der Waals surface area contributed by atoms with Gasteiger partial charge in [0.2, 0.25) is 0 Å². The number of benzene rings is 2. The van der Waals surface area contributed by atoms with E-state index >= 15 is 0 Å². The summed E-state index contributed by atoms with van der Waals surface area (Å²) in [6.45, 7) is 7.34. The van der Waals surface area contributed by atoms with E-state index in [4.69, 9.17) is 38.9 Å². The first-order chi connectivity index (χ1) is 23.1. The van der Waals surface area contributed by atoms with E-state index in [1.807, 2.05) is 0 Å². The molecule has 15 nitrogen and oxygen atoms in total. The molecule has 266 valence electrons. The van der Waals surface area contributed by atoms with Gasteiger partial charge in [-0.25, -0.2) is 4.79 Å². The van der Waals surface area contributed by atoms with Crippen LogP contribution in [0.1, 0.15) is 61.2 Å². The maximum Gasteiger partial charge on any atom is 0.366 e. The highest BCUT2D eigenvalue weighted by atomic mass is 16.7. The lowest BCUT2D eigenvalue weighted by Gasteiger charge is -2.47. The normalized spacial score (nSPS) is 21.3. The van der Waals surface area contributed by atoms with E-state index in [2.05, 4.69) is 5.32 Å². The average molecular weight is 687 g/mol. The van der Waals surface area contributed by atoms with Crippen LogP contribution >= 0.6 is 0 Å². The third-order valence-electron chi connectivity index (χ3n) is 7.48. The number of aryl methyl sites for hydroxylation is 2. The minimum atomic E-state index is -2.23. The molecule has 6 atom stereocenters. The molecule has 0 bridgehead atoms. The Balaban J connectivity index is 2.02. The zero-order valence-corrected chi connectivity index (χ0v) is 28.4. The monoisotopic (exact) mass is 686 g/mol. The third-order valence-corrected chi connectivity index (χ3v) is 7.48. The molecule has 0 aliphatic carbocycles. The van der Waals surface area contributed by atoms with Gasteiger partial charge in [-0.05, 0) is 42.7 Å². The van der Waals surface area contributed by atoms with Crippen molar-refractivity contribution in [3.8, 4) is 5.75 Å². The quantitative estimate of drug-likeness (QED) is 0.176. The molecule has 0 spiro atoms. The number of hydrogen-bond donors (Lipinski definition) is 2. The third kappa shape index (κ3) is 10.3. The van der Waals surface area contributed by atoms with E-state index in [0.29, 0.717) is 22.4 Å². The first-order valence-corrected chi connectivity index (χ1v) is 15.4. The minimum absolute atomic E-state index is 0.151. The van der Waals surface area contributed by atoms with Crippen LogP contribution in [-0.2, 0) is 59.0 Å². The summed E-state index contributed by atoms with van der Waals surface area (Å²) in [4.78, 5) is 75.1. The Hall–Kier alpha value is -4.86. The molecule has 0 saturated carbocycles. The predicted molar refractivity (Wildman–Crippen MR) is 170 cm³/mol.